The minimum atomic E-state index is 0.510. The van der Waals surface area contributed by atoms with Crippen LogP contribution in [0.4, 0.5) is 0 Å². The zero-order valence-electron chi connectivity index (χ0n) is 20.9. The summed E-state index contributed by atoms with van der Waals surface area (Å²) in [5.41, 5.74) is 0. The minimum absolute atomic E-state index is 0.510. The fourth-order valence-electron chi connectivity index (χ4n) is 4.83. The zero-order valence-corrected chi connectivity index (χ0v) is 20.9. The number of piperazine rings is 1. The molecular formula is C24H50N6O. The summed E-state index contributed by atoms with van der Waals surface area (Å²) in [6.45, 7) is 22.9. The van der Waals surface area contributed by atoms with E-state index in [4.69, 9.17) is 9.73 Å². The summed E-state index contributed by atoms with van der Waals surface area (Å²) in [5, 5.41) is 7.02. The highest BCUT2D eigenvalue weighted by molar-refractivity contribution is 5.79. The van der Waals surface area contributed by atoms with E-state index >= 15 is 0 Å². The van der Waals surface area contributed by atoms with Crippen LogP contribution in [0.2, 0.25) is 0 Å². The number of guanidine groups is 1. The zero-order chi connectivity index (χ0) is 22.3. The van der Waals surface area contributed by atoms with E-state index in [2.05, 4.69) is 53.0 Å². The minimum Gasteiger partial charge on any atom is -0.379 e. The van der Waals surface area contributed by atoms with Crippen molar-refractivity contribution in [3.05, 3.63) is 0 Å². The lowest BCUT2D eigenvalue weighted by atomic mass is 9.92. The number of aliphatic imine (C=N–C) groups is 1. The number of ether oxygens (including phenoxy) is 1. The van der Waals surface area contributed by atoms with Gasteiger partial charge in [0, 0.05) is 58.4 Å². The lowest BCUT2D eigenvalue weighted by Gasteiger charge is -2.38. The van der Waals surface area contributed by atoms with E-state index in [-0.39, 0.29) is 0 Å². The van der Waals surface area contributed by atoms with Crippen LogP contribution in [0.3, 0.4) is 0 Å². The van der Waals surface area contributed by atoms with Crippen LogP contribution in [0, 0.1) is 5.92 Å². The summed E-state index contributed by atoms with van der Waals surface area (Å²) in [6.07, 6.45) is 4.87. The Balaban J connectivity index is 1.75. The molecule has 0 aromatic heterocycles. The molecule has 2 aliphatic heterocycles. The van der Waals surface area contributed by atoms with Crippen molar-refractivity contribution in [2.45, 2.75) is 59.4 Å². The van der Waals surface area contributed by atoms with Crippen LogP contribution in [0.15, 0.2) is 4.99 Å². The second kappa shape index (κ2) is 15.8. The SMILES string of the molecule is CCNC(=NCC(C(CC)CC)N1CCOCC1)NCCCCN1CCN(CC)CC1. The highest BCUT2D eigenvalue weighted by Gasteiger charge is 2.26. The van der Waals surface area contributed by atoms with Gasteiger partial charge in [0.15, 0.2) is 5.96 Å². The van der Waals surface area contributed by atoms with Gasteiger partial charge >= 0.3 is 0 Å². The number of morpholine rings is 1. The van der Waals surface area contributed by atoms with Crippen molar-refractivity contribution in [2.75, 3.05) is 85.2 Å². The van der Waals surface area contributed by atoms with Crippen LogP contribution >= 0.6 is 0 Å². The molecule has 0 aromatic rings. The molecule has 2 rings (SSSR count). The van der Waals surface area contributed by atoms with Gasteiger partial charge in [-0.25, -0.2) is 0 Å². The van der Waals surface area contributed by atoms with Gasteiger partial charge in [-0.2, -0.15) is 0 Å². The third-order valence-corrected chi connectivity index (χ3v) is 6.99. The first-order valence-electron chi connectivity index (χ1n) is 13.0. The van der Waals surface area contributed by atoms with E-state index in [9.17, 15) is 0 Å². The molecule has 1 unspecified atom stereocenters. The molecule has 182 valence electrons. The summed E-state index contributed by atoms with van der Waals surface area (Å²) in [5.74, 6) is 1.67. The normalized spacial score (nSPS) is 20.9. The molecule has 2 N–H and O–H groups in total. The van der Waals surface area contributed by atoms with Crippen molar-refractivity contribution in [2.24, 2.45) is 10.9 Å². The Morgan fingerprint density at radius 1 is 0.871 bits per heavy atom. The van der Waals surface area contributed by atoms with Gasteiger partial charge in [-0.1, -0.05) is 33.6 Å². The first-order valence-corrected chi connectivity index (χ1v) is 13.0. The van der Waals surface area contributed by atoms with Crippen molar-refractivity contribution in [3.8, 4) is 0 Å². The van der Waals surface area contributed by atoms with E-state index < -0.39 is 0 Å². The number of rotatable bonds is 13. The molecule has 2 saturated heterocycles. The topological polar surface area (TPSA) is 55.4 Å². The van der Waals surface area contributed by atoms with Gasteiger partial charge in [-0.05, 0) is 38.8 Å². The highest BCUT2D eigenvalue weighted by Crippen LogP contribution is 2.20. The summed E-state index contributed by atoms with van der Waals surface area (Å²) in [6, 6.07) is 0.510. The van der Waals surface area contributed by atoms with Gasteiger partial charge in [0.1, 0.15) is 0 Å². The second-order valence-corrected chi connectivity index (χ2v) is 8.92. The lowest BCUT2D eigenvalue weighted by Crippen LogP contribution is -2.49. The number of nitrogens with one attached hydrogen (secondary N) is 2. The van der Waals surface area contributed by atoms with Crippen LogP contribution in [0.5, 0.6) is 0 Å². The molecule has 0 aromatic carbocycles. The molecule has 0 amide bonds. The fourth-order valence-corrected chi connectivity index (χ4v) is 4.83. The summed E-state index contributed by atoms with van der Waals surface area (Å²) in [7, 11) is 0. The first-order chi connectivity index (χ1) is 15.2. The fraction of sp³-hybridized carbons (Fsp3) is 0.958. The maximum absolute atomic E-state index is 5.58. The van der Waals surface area contributed by atoms with E-state index in [1.807, 2.05) is 0 Å². The van der Waals surface area contributed by atoms with Gasteiger partial charge < -0.3 is 25.2 Å². The van der Waals surface area contributed by atoms with Crippen molar-refractivity contribution in [1.82, 2.24) is 25.3 Å². The summed E-state index contributed by atoms with van der Waals surface area (Å²) >= 11 is 0. The van der Waals surface area contributed by atoms with Crippen LogP contribution in [0.25, 0.3) is 0 Å². The largest absolute Gasteiger partial charge is 0.379 e. The Morgan fingerprint density at radius 3 is 2.16 bits per heavy atom. The molecule has 0 saturated carbocycles. The Morgan fingerprint density at radius 2 is 1.55 bits per heavy atom. The second-order valence-electron chi connectivity index (χ2n) is 8.92. The molecule has 7 heteroatoms. The third-order valence-electron chi connectivity index (χ3n) is 6.99. The molecule has 0 aliphatic carbocycles. The first kappa shape index (κ1) is 26.4. The maximum atomic E-state index is 5.58. The van der Waals surface area contributed by atoms with Gasteiger partial charge in [-0.15, -0.1) is 0 Å². The summed E-state index contributed by atoms with van der Waals surface area (Å²) < 4.78 is 5.58. The molecule has 1 atom stereocenters. The van der Waals surface area contributed by atoms with Crippen molar-refractivity contribution in [1.29, 1.82) is 0 Å². The average Bonchev–Trinajstić information content (AvgIpc) is 2.82. The average molecular weight is 439 g/mol. The molecule has 31 heavy (non-hydrogen) atoms. The van der Waals surface area contributed by atoms with Gasteiger partial charge in [0.25, 0.3) is 0 Å². The predicted octanol–water partition coefficient (Wildman–Crippen LogP) is 2.10. The molecule has 2 fully saturated rings. The molecule has 2 aliphatic rings. The number of likely N-dealkylation sites (N-methyl/N-ethyl adjacent to an activating group) is 1. The molecule has 0 spiro atoms. The van der Waals surface area contributed by atoms with Gasteiger partial charge in [0.2, 0.25) is 0 Å². The van der Waals surface area contributed by atoms with Crippen molar-refractivity contribution in [3.63, 3.8) is 0 Å². The standard InChI is InChI=1S/C24H50N6O/c1-5-22(6-2)23(30-17-19-31-20-18-30)21-27-24(25-7-3)26-11-9-10-12-29-15-13-28(8-4)14-16-29/h22-23H,5-21H2,1-4H3,(H2,25,26,27). The maximum Gasteiger partial charge on any atom is 0.191 e. The highest BCUT2D eigenvalue weighted by atomic mass is 16.5. The Hall–Kier alpha value is -0.890. The van der Waals surface area contributed by atoms with E-state index in [0.29, 0.717) is 12.0 Å². The van der Waals surface area contributed by atoms with Crippen LogP contribution in [0.1, 0.15) is 53.4 Å². The van der Waals surface area contributed by atoms with Crippen LogP contribution in [-0.4, -0.2) is 112 Å². The van der Waals surface area contributed by atoms with Crippen LogP contribution < -0.4 is 10.6 Å². The van der Waals surface area contributed by atoms with E-state index in [0.717, 1.165) is 51.9 Å². The van der Waals surface area contributed by atoms with E-state index in [1.165, 1.54) is 65.0 Å². The Kier molecular flexibility index (Phi) is 13.5. The Labute approximate surface area is 192 Å². The quantitative estimate of drug-likeness (QED) is 0.261. The lowest BCUT2D eigenvalue weighted by molar-refractivity contribution is 0.00395. The smallest absolute Gasteiger partial charge is 0.191 e. The predicted molar refractivity (Wildman–Crippen MR) is 132 cm³/mol. The number of unbranched alkanes of at least 4 members (excludes halogenated alkanes) is 1. The molecular weight excluding hydrogens is 388 g/mol. The number of nitrogens with zero attached hydrogens (tertiary/aromatic N) is 4. The monoisotopic (exact) mass is 438 g/mol. The third kappa shape index (κ3) is 9.64. The number of hydrogen-bond donors (Lipinski definition) is 2. The number of hydrogen-bond acceptors (Lipinski definition) is 5. The van der Waals surface area contributed by atoms with Crippen molar-refractivity contribution >= 4 is 5.96 Å². The molecule has 2 heterocycles. The van der Waals surface area contributed by atoms with Crippen LogP contribution in [-0.2, 0) is 4.74 Å². The molecule has 0 bridgehead atoms. The summed E-state index contributed by atoms with van der Waals surface area (Å²) in [4.78, 5) is 12.8. The molecule has 7 nitrogen and oxygen atoms in total. The van der Waals surface area contributed by atoms with Gasteiger partial charge in [0.05, 0.1) is 19.8 Å². The van der Waals surface area contributed by atoms with E-state index in [1.54, 1.807) is 0 Å². The molecule has 0 radical (unpaired) electrons. The Bertz CT molecular complexity index is 471. The van der Waals surface area contributed by atoms with Gasteiger partial charge in [-0.3, -0.25) is 9.89 Å². The van der Waals surface area contributed by atoms with Crippen molar-refractivity contribution < 1.29 is 4.74 Å².